The van der Waals surface area contributed by atoms with Crippen molar-refractivity contribution in [1.82, 2.24) is 4.98 Å². The number of aromatic nitrogens is 1. The van der Waals surface area contributed by atoms with Gasteiger partial charge in [0.15, 0.2) is 0 Å². The second-order valence-corrected chi connectivity index (χ2v) is 6.04. The summed E-state index contributed by atoms with van der Waals surface area (Å²) in [5.41, 5.74) is 6.82. The van der Waals surface area contributed by atoms with Crippen LogP contribution in [0.1, 0.15) is 11.1 Å². The van der Waals surface area contributed by atoms with Gasteiger partial charge in [-0.05, 0) is 36.8 Å². The number of nitrogens with zero attached hydrogens (tertiary/aromatic N) is 1. The van der Waals surface area contributed by atoms with E-state index in [0.717, 1.165) is 5.56 Å². The highest BCUT2D eigenvalue weighted by Gasteiger charge is 2.14. The molecule has 0 unspecified atom stereocenters. The quantitative estimate of drug-likeness (QED) is 0.841. The zero-order chi connectivity index (χ0) is 15.3. The van der Waals surface area contributed by atoms with E-state index in [-0.39, 0.29) is 17.3 Å². The van der Waals surface area contributed by atoms with Gasteiger partial charge in [-0.15, -0.1) is 0 Å². The lowest BCUT2D eigenvalue weighted by Gasteiger charge is -2.08. The fraction of sp³-hybridized carbons (Fsp3) is 0.133. The van der Waals surface area contributed by atoms with Crippen molar-refractivity contribution in [3.63, 3.8) is 0 Å². The zero-order valence-electron chi connectivity index (χ0n) is 11.5. The van der Waals surface area contributed by atoms with E-state index in [1.807, 2.05) is 13.0 Å². The number of hydrogen-bond donors (Lipinski definition) is 2. The second-order valence-electron chi connectivity index (χ2n) is 4.36. The lowest BCUT2D eigenvalue weighted by atomic mass is 10.2. The van der Waals surface area contributed by atoms with Crippen molar-refractivity contribution in [2.75, 3.05) is 11.3 Å². The van der Waals surface area contributed by atoms with Crippen LogP contribution < -0.4 is 10.5 Å². The van der Waals surface area contributed by atoms with Crippen LogP contribution in [0, 0.1) is 18.8 Å². The van der Waals surface area contributed by atoms with Crippen LogP contribution in [0.25, 0.3) is 0 Å². The number of nitrogens with two attached hydrogens (primary N) is 1. The molecule has 1 aromatic heterocycles. The molecule has 0 aliphatic carbocycles. The summed E-state index contributed by atoms with van der Waals surface area (Å²) in [5, 5.41) is 0. The summed E-state index contributed by atoms with van der Waals surface area (Å²) in [7, 11) is -3.66. The van der Waals surface area contributed by atoms with Gasteiger partial charge in [0, 0.05) is 11.8 Å². The third kappa shape index (κ3) is 4.05. The van der Waals surface area contributed by atoms with Crippen molar-refractivity contribution in [1.29, 1.82) is 0 Å². The third-order valence-corrected chi connectivity index (χ3v) is 3.99. The molecule has 3 N–H and O–H groups in total. The Kier molecular flexibility index (Phi) is 4.58. The Morgan fingerprint density at radius 3 is 2.81 bits per heavy atom. The molecule has 0 aliphatic heterocycles. The van der Waals surface area contributed by atoms with Crippen LogP contribution in [0.2, 0.25) is 0 Å². The number of rotatable bonds is 3. The van der Waals surface area contributed by atoms with Gasteiger partial charge in [0.2, 0.25) is 0 Å². The first-order valence-corrected chi connectivity index (χ1v) is 7.74. The average Bonchev–Trinajstić information content (AvgIpc) is 2.45. The summed E-state index contributed by atoms with van der Waals surface area (Å²) in [6.07, 6.45) is 1.49. The van der Waals surface area contributed by atoms with Gasteiger partial charge in [0.1, 0.15) is 5.82 Å². The first kappa shape index (κ1) is 15.0. The van der Waals surface area contributed by atoms with Crippen LogP contribution in [0.3, 0.4) is 0 Å². The molecule has 1 aromatic carbocycles. The molecule has 2 aromatic rings. The van der Waals surface area contributed by atoms with E-state index in [2.05, 4.69) is 21.5 Å². The fourth-order valence-corrected chi connectivity index (χ4v) is 2.80. The van der Waals surface area contributed by atoms with Crippen LogP contribution in [-0.4, -0.2) is 19.9 Å². The van der Waals surface area contributed by atoms with E-state index >= 15 is 0 Å². The van der Waals surface area contributed by atoms with Gasteiger partial charge in [-0.25, -0.2) is 13.4 Å². The normalized spacial score (nSPS) is 10.6. The number of hydrogen-bond acceptors (Lipinski definition) is 4. The maximum Gasteiger partial charge on any atom is 0.263 e. The van der Waals surface area contributed by atoms with Gasteiger partial charge in [0.05, 0.1) is 11.4 Å². The molecule has 2 rings (SSSR count). The molecule has 0 spiro atoms. The number of aryl methyl sites for hydroxylation is 1. The molecule has 0 bridgehead atoms. The van der Waals surface area contributed by atoms with E-state index in [4.69, 9.17) is 5.73 Å². The highest BCUT2D eigenvalue weighted by atomic mass is 32.2. The van der Waals surface area contributed by atoms with E-state index in [1.54, 1.807) is 24.3 Å². The largest absolute Gasteiger partial charge is 0.320 e. The van der Waals surface area contributed by atoms with Gasteiger partial charge in [-0.3, -0.25) is 4.72 Å². The van der Waals surface area contributed by atoms with Gasteiger partial charge in [-0.2, -0.15) is 0 Å². The number of anilines is 1. The van der Waals surface area contributed by atoms with E-state index in [9.17, 15) is 8.42 Å². The van der Waals surface area contributed by atoms with E-state index < -0.39 is 10.0 Å². The highest BCUT2D eigenvalue weighted by molar-refractivity contribution is 7.92. The molecule has 0 saturated heterocycles. The average molecular weight is 301 g/mol. The Labute approximate surface area is 124 Å². The summed E-state index contributed by atoms with van der Waals surface area (Å²) >= 11 is 0. The lowest BCUT2D eigenvalue weighted by Crippen LogP contribution is -2.14. The van der Waals surface area contributed by atoms with Crippen molar-refractivity contribution in [2.24, 2.45) is 5.73 Å². The summed E-state index contributed by atoms with van der Waals surface area (Å²) in [6.45, 7) is 2.08. The molecule has 5 nitrogen and oxygen atoms in total. The summed E-state index contributed by atoms with van der Waals surface area (Å²) in [4.78, 5) is 4.19. The van der Waals surface area contributed by atoms with Crippen LogP contribution in [0.15, 0.2) is 47.5 Å². The second kappa shape index (κ2) is 6.39. The number of benzene rings is 1. The number of nitrogens with one attached hydrogen (secondary N) is 1. The van der Waals surface area contributed by atoms with Gasteiger partial charge in [0.25, 0.3) is 10.0 Å². The Hall–Kier alpha value is -2.36. The van der Waals surface area contributed by atoms with Crippen molar-refractivity contribution < 1.29 is 8.42 Å². The Morgan fingerprint density at radius 1 is 1.29 bits per heavy atom. The summed E-state index contributed by atoms with van der Waals surface area (Å²) < 4.78 is 27.0. The minimum absolute atomic E-state index is 0.197. The predicted octanol–water partition coefficient (Wildman–Crippen LogP) is 1.50. The first-order valence-electron chi connectivity index (χ1n) is 6.26. The van der Waals surface area contributed by atoms with E-state index in [1.165, 1.54) is 12.3 Å². The van der Waals surface area contributed by atoms with Crippen molar-refractivity contribution in [2.45, 2.75) is 11.8 Å². The third-order valence-electron chi connectivity index (χ3n) is 2.63. The minimum atomic E-state index is -3.66. The van der Waals surface area contributed by atoms with Crippen molar-refractivity contribution >= 4 is 15.8 Å². The highest BCUT2D eigenvalue weighted by Crippen LogP contribution is 2.16. The molecule has 108 valence electrons. The van der Waals surface area contributed by atoms with Gasteiger partial charge >= 0.3 is 0 Å². The molecular formula is C15H15N3O2S. The van der Waals surface area contributed by atoms with Gasteiger partial charge in [-0.1, -0.05) is 24.0 Å². The molecule has 0 radical (unpaired) electrons. The Balaban J connectivity index is 2.29. The number of sulfonamides is 1. The molecule has 0 fully saturated rings. The Bertz CT molecular complexity index is 805. The Morgan fingerprint density at radius 2 is 2.10 bits per heavy atom. The van der Waals surface area contributed by atoms with Crippen molar-refractivity contribution in [3.8, 4) is 11.8 Å². The summed E-state index contributed by atoms with van der Waals surface area (Å²) in [5.74, 6) is 5.76. The first-order chi connectivity index (χ1) is 10.0. The maximum atomic E-state index is 12.3. The zero-order valence-corrected chi connectivity index (χ0v) is 12.3. The molecule has 0 saturated carbocycles. The monoisotopic (exact) mass is 301 g/mol. The van der Waals surface area contributed by atoms with E-state index in [0.29, 0.717) is 5.56 Å². The molecule has 1 heterocycles. The topological polar surface area (TPSA) is 85.1 Å². The van der Waals surface area contributed by atoms with Gasteiger partial charge < -0.3 is 5.73 Å². The lowest BCUT2D eigenvalue weighted by molar-refractivity contribution is 0.601. The molecule has 21 heavy (non-hydrogen) atoms. The van der Waals surface area contributed by atoms with Crippen LogP contribution in [0.5, 0.6) is 0 Å². The SMILES string of the molecule is Cc1cccc(S(=O)(=O)Nc2cc(C#CCN)ccn2)c1. The molecular weight excluding hydrogens is 286 g/mol. The van der Waals surface area contributed by atoms with Crippen molar-refractivity contribution in [3.05, 3.63) is 53.7 Å². The maximum absolute atomic E-state index is 12.3. The number of pyridine rings is 1. The minimum Gasteiger partial charge on any atom is -0.320 e. The molecule has 0 amide bonds. The molecule has 0 atom stereocenters. The summed E-state index contributed by atoms with van der Waals surface area (Å²) in [6, 6.07) is 9.91. The van der Waals surface area contributed by atoms with Crippen LogP contribution in [-0.2, 0) is 10.0 Å². The smallest absolute Gasteiger partial charge is 0.263 e. The van der Waals surface area contributed by atoms with Crippen LogP contribution in [0.4, 0.5) is 5.82 Å². The molecule has 6 heteroatoms. The fourth-order valence-electron chi connectivity index (χ4n) is 1.70. The standard InChI is InChI=1S/C15H15N3O2S/c1-12-4-2-6-14(10-12)21(19,20)18-15-11-13(5-3-8-16)7-9-17-15/h2,4,6-7,9-11H,8,16H2,1H3,(H,17,18). The predicted molar refractivity (Wildman–Crippen MR) is 82.2 cm³/mol. The van der Waals surface area contributed by atoms with Crippen LogP contribution >= 0.6 is 0 Å². The molecule has 0 aliphatic rings.